The third-order valence-electron chi connectivity index (χ3n) is 4.96. The molecular formula is C25H38ClN3O. The minimum atomic E-state index is -0.777. The van der Waals surface area contributed by atoms with Crippen LogP contribution in [0.1, 0.15) is 59.8 Å². The number of aliphatic hydroxyl groups is 1. The molecule has 4 N–H and O–H groups in total. The molecule has 4 nitrogen and oxygen atoms in total. The fourth-order valence-corrected chi connectivity index (χ4v) is 3.57. The number of piperidine rings is 1. The van der Waals surface area contributed by atoms with Gasteiger partial charge in [0, 0.05) is 41.3 Å². The molecular weight excluding hydrogens is 394 g/mol. The zero-order valence-electron chi connectivity index (χ0n) is 19.0. The number of hydrogen-bond donors (Lipinski definition) is 3. The summed E-state index contributed by atoms with van der Waals surface area (Å²) in [6.45, 7) is 12.7. The van der Waals surface area contributed by atoms with Crippen LogP contribution in [0.25, 0.3) is 0 Å². The monoisotopic (exact) mass is 431 g/mol. The summed E-state index contributed by atoms with van der Waals surface area (Å²) in [7, 11) is 0. The van der Waals surface area contributed by atoms with Crippen molar-refractivity contribution in [2.45, 2.75) is 65.4 Å². The van der Waals surface area contributed by atoms with Crippen LogP contribution in [0.4, 0.5) is 0 Å². The van der Waals surface area contributed by atoms with Crippen LogP contribution >= 0.6 is 11.6 Å². The maximum Gasteiger partial charge on any atom is 0.0890 e. The van der Waals surface area contributed by atoms with Crippen LogP contribution < -0.4 is 5.73 Å². The fraction of sp³-hybridized carbons (Fsp3) is 0.480. The summed E-state index contributed by atoms with van der Waals surface area (Å²) in [6, 6.07) is 0. The van der Waals surface area contributed by atoms with Crippen LogP contribution in [0.15, 0.2) is 58.5 Å². The van der Waals surface area contributed by atoms with Gasteiger partial charge in [0.15, 0.2) is 0 Å². The second-order valence-electron chi connectivity index (χ2n) is 7.24. The average molecular weight is 432 g/mol. The molecule has 0 aromatic rings. The minimum absolute atomic E-state index is 0.340. The molecule has 1 saturated heterocycles. The van der Waals surface area contributed by atoms with Gasteiger partial charge in [-0.2, -0.15) is 0 Å². The first-order valence-corrected chi connectivity index (χ1v) is 10.8. The van der Waals surface area contributed by atoms with Crippen LogP contribution in [-0.4, -0.2) is 34.9 Å². The van der Waals surface area contributed by atoms with E-state index in [4.69, 9.17) is 22.7 Å². The Labute approximate surface area is 188 Å². The summed E-state index contributed by atoms with van der Waals surface area (Å²) in [5.41, 5.74) is 7.89. The highest BCUT2D eigenvalue weighted by atomic mass is 35.5. The molecule has 166 valence electrons. The summed E-state index contributed by atoms with van der Waals surface area (Å²) in [5, 5.41) is 19.5. The van der Waals surface area contributed by atoms with Gasteiger partial charge in [0.25, 0.3) is 0 Å². The first-order valence-electron chi connectivity index (χ1n) is 10.4. The first-order chi connectivity index (χ1) is 14.2. The smallest absolute Gasteiger partial charge is 0.0890 e. The van der Waals surface area contributed by atoms with Gasteiger partial charge in [0.05, 0.1) is 5.60 Å². The van der Waals surface area contributed by atoms with Crippen molar-refractivity contribution in [1.82, 2.24) is 4.90 Å². The van der Waals surface area contributed by atoms with Gasteiger partial charge in [-0.3, -0.25) is 0 Å². The van der Waals surface area contributed by atoms with E-state index >= 15 is 0 Å². The van der Waals surface area contributed by atoms with Gasteiger partial charge in [-0.25, -0.2) is 0 Å². The van der Waals surface area contributed by atoms with Crippen molar-refractivity contribution in [1.29, 1.82) is 5.41 Å². The molecule has 0 amide bonds. The quantitative estimate of drug-likeness (QED) is 0.191. The third-order valence-corrected chi connectivity index (χ3v) is 5.07. The van der Waals surface area contributed by atoms with Gasteiger partial charge in [0.1, 0.15) is 0 Å². The number of hydrogen-bond acceptors (Lipinski definition) is 4. The van der Waals surface area contributed by atoms with Crippen molar-refractivity contribution < 1.29 is 5.11 Å². The molecule has 30 heavy (non-hydrogen) atoms. The Kier molecular flexibility index (Phi) is 13.6. The molecule has 1 aliphatic heterocycles. The zero-order valence-corrected chi connectivity index (χ0v) is 19.7. The largest absolute Gasteiger partial charge is 0.399 e. The lowest BCUT2D eigenvalue weighted by Gasteiger charge is -2.41. The predicted molar refractivity (Wildman–Crippen MR) is 131 cm³/mol. The van der Waals surface area contributed by atoms with Crippen molar-refractivity contribution in [3.05, 3.63) is 58.5 Å². The third kappa shape index (κ3) is 9.07. The van der Waals surface area contributed by atoms with Crippen molar-refractivity contribution in [3.8, 4) is 12.3 Å². The summed E-state index contributed by atoms with van der Waals surface area (Å²) in [6.07, 6.45) is 18.1. The van der Waals surface area contributed by atoms with Gasteiger partial charge >= 0.3 is 0 Å². The lowest BCUT2D eigenvalue weighted by molar-refractivity contribution is 0.0163. The number of halogens is 1. The van der Waals surface area contributed by atoms with Crippen molar-refractivity contribution >= 4 is 17.8 Å². The molecule has 5 heteroatoms. The molecule has 0 atom stereocenters. The summed E-state index contributed by atoms with van der Waals surface area (Å²) in [4.78, 5) is 2.13. The van der Waals surface area contributed by atoms with Gasteiger partial charge in [-0.1, -0.05) is 43.3 Å². The van der Waals surface area contributed by atoms with E-state index in [1.54, 1.807) is 13.8 Å². The number of nitrogens with zero attached hydrogens (tertiary/aromatic N) is 1. The Bertz CT molecular complexity index is 726. The Morgan fingerprint density at radius 3 is 2.33 bits per heavy atom. The van der Waals surface area contributed by atoms with E-state index in [1.165, 1.54) is 6.21 Å². The molecule has 0 radical (unpaired) electrons. The number of likely N-dealkylation sites (tertiary alicyclic amines) is 1. The highest BCUT2D eigenvalue weighted by Crippen LogP contribution is 2.34. The number of allylic oxidation sites excluding steroid dienone is 6. The van der Waals surface area contributed by atoms with Gasteiger partial charge < -0.3 is 21.1 Å². The van der Waals surface area contributed by atoms with Crippen LogP contribution in [0.3, 0.4) is 0 Å². The van der Waals surface area contributed by atoms with E-state index in [9.17, 15) is 5.11 Å². The van der Waals surface area contributed by atoms with Gasteiger partial charge in [0.2, 0.25) is 0 Å². The van der Waals surface area contributed by atoms with E-state index in [1.807, 2.05) is 13.0 Å². The Morgan fingerprint density at radius 2 is 1.93 bits per heavy atom. The van der Waals surface area contributed by atoms with Gasteiger partial charge in [-0.05, 0) is 64.5 Å². The zero-order chi connectivity index (χ0) is 23.2. The first kappa shape index (κ1) is 27.8. The molecule has 1 aliphatic rings. The Balaban J connectivity index is 0.00000263. The van der Waals surface area contributed by atoms with Crippen LogP contribution in [0.5, 0.6) is 0 Å². The summed E-state index contributed by atoms with van der Waals surface area (Å²) >= 11 is 6.10. The molecule has 1 fully saturated rings. The molecule has 0 bridgehead atoms. The second-order valence-corrected chi connectivity index (χ2v) is 7.84. The SMILES string of the molecule is C#CC.C=C(N)/C(C=N)=C(\C=C(/C)Cl)N1CCC(O)(/C(=C/C)CCC=CCC)CC1. The number of nitrogens with one attached hydrogen (secondary N) is 1. The standard InChI is InChI=1S/C22H34ClN3O.C3H4/c1-5-7-8-9-10-19(6-2)22(27)11-13-26(14-12-22)21(15-17(3)23)20(16-24)18(4)25;1-3-2/h6-8,15-16,24,27H,4-5,9-14,25H2,1-3H3;1H,2H3/b8-7?,17-15+,19-6+,21-20+,24-16?;. The average Bonchev–Trinajstić information content (AvgIpc) is 2.68. The second kappa shape index (κ2) is 14.7. The maximum atomic E-state index is 11.2. The highest BCUT2D eigenvalue weighted by molar-refractivity contribution is 6.29. The summed E-state index contributed by atoms with van der Waals surface area (Å²) in [5.74, 6) is 2.25. The van der Waals surface area contributed by atoms with Crippen LogP contribution in [-0.2, 0) is 0 Å². The Hall–Kier alpha value is -2.22. The maximum absolute atomic E-state index is 11.2. The van der Waals surface area contributed by atoms with Crippen molar-refractivity contribution in [2.75, 3.05) is 13.1 Å². The Morgan fingerprint density at radius 1 is 1.37 bits per heavy atom. The number of terminal acetylenes is 1. The molecule has 0 spiro atoms. The molecule has 1 heterocycles. The van der Waals surface area contributed by atoms with E-state index in [0.29, 0.717) is 42.2 Å². The van der Waals surface area contributed by atoms with Crippen LogP contribution in [0, 0.1) is 17.8 Å². The van der Waals surface area contributed by atoms with Crippen molar-refractivity contribution in [3.63, 3.8) is 0 Å². The lowest BCUT2D eigenvalue weighted by Crippen LogP contribution is -2.45. The van der Waals surface area contributed by atoms with E-state index in [-0.39, 0.29) is 0 Å². The van der Waals surface area contributed by atoms with Crippen molar-refractivity contribution in [2.24, 2.45) is 5.73 Å². The molecule has 0 aromatic heterocycles. The number of rotatable bonds is 9. The highest BCUT2D eigenvalue weighted by Gasteiger charge is 2.35. The molecule has 1 rings (SSSR count). The lowest BCUT2D eigenvalue weighted by atomic mass is 9.81. The fourth-order valence-electron chi connectivity index (χ4n) is 3.47. The number of nitrogens with two attached hydrogens (primary N) is 1. The van der Waals surface area contributed by atoms with E-state index < -0.39 is 5.60 Å². The normalized spacial score (nSPS) is 17.6. The van der Waals surface area contributed by atoms with E-state index in [0.717, 1.165) is 30.5 Å². The van der Waals surface area contributed by atoms with E-state index in [2.05, 4.69) is 49.0 Å². The minimum Gasteiger partial charge on any atom is -0.399 e. The molecule has 0 saturated carbocycles. The molecule has 0 aliphatic carbocycles. The predicted octanol–water partition coefficient (Wildman–Crippen LogP) is 5.66. The van der Waals surface area contributed by atoms with Gasteiger partial charge in [-0.15, -0.1) is 12.3 Å². The summed E-state index contributed by atoms with van der Waals surface area (Å²) < 4.78 is 0. The molecule has 0 aromatic carbocycles. The topological polar surface area (TPSA) is 73.3 Å². The molecule has 0 unspecified atom stereocenters. The van der Waals surface area contributed by atoms with Crippen LogP contribution in [0.2, 0.25) is 0 Å².